The Balaban J connectivity index is 4.32. The van der Waals surface area contributed by atoms with Crippen LogP contribution in [-0.4, -0.2) is 56.0 Å². The van der Waals surface area contributed by atoms with E-state index in [4.69, 9.17) is 0 Å². The topological polar surface area (TPSA) is 49.9 Å². The minimum absolute atomic E-state index is 0.00275. The molecule has 0 saturated carbocycles. The third-order valence-corrected chi connectivity index (χ3v) is 1.97. The van der Waals surface area contributed by atoms with Crippen molar-refractivity contribution in [1.82, 2.24) is 9.80 Å². The fourth-order valence-electron chi connectivity index (χ4n) is 1.04. The van der Waals surface area contributed by atoms with Gasteiger partial charge in [-0.1, -0.05) is 6.92 Å². The number of hydrogen-bond acceptors (Lipinski definition) is 4. The Kier molecular flexibility index (Phi) is 7.00. The molecule has 0 fully saturated rings. The lowest BCUT2D eigenvalue weighted by Gasteiger charge is -2.21. The van der Waals surface area contributed by atoms with Crippen molar-refractivity contribution in [2.75, 3.05) is 34.3 Å². The summed E-state index contributed by atoms with van der Waals surface area (Å²) in [4.78, 5) is 25.7. The smallest absolute Gasteiger partial charge is 0.331 e. The second kappa shape index (κ2) is 7.73. The van der Waals surface area contributed by atoms with E-state index in [-0.39, 0.29) is 12.5 Å². The van der Waals surface area contributed by atoms with Crippen molar-refractivity contribution in [2.24, 2.45) is 0 Å². The third kappa shape index (κ3) is 6.06. The molecule has 5 nitrogen and oxygen atoms in total. The molecule has 0 aromatic rings. The van der Waals surface area contributed by atoms with E-state index in [0.29, 0.717) is 0 Å². The lowest BCUT2D eigenvalue weighted by Crippen LogP contribution is -2.34. The molecule has 16 heavy (non-hydrogen) atoms. The summed E-state index contributed by atoms with van der Waals surface area (Å²) in [5.41, 5.74) is 0. The van der Waals surface area contributed by atoms with Crippen molar-refractivity contribution in [2.45, 2.75) is 13.3 Å². The van der Waals surface area contributed by atoms with Gasteiger partial charge in [0.25, 0.3) is 0 Å². The number of amides is 1. The highest BCUT2D eigenvalue weighted by Crippen LogP contribution is 1.95. The first-order valence-corrected chi connectivity index (χ1v) is 5.21. The Labute approximate surface area is 96.7 Å². The van der Waals surface area contributed by atoms with E-state index in [1.165, 1.54) is 18.1 Å². The van der Waals surface area contributed by atoms with Gasteiger partial charge in [0.05, 0.1) is 13.7 Å². The molecule has 0 aliphatic heterocycles. The van der Waals surface area contributed by atoms with Crippen LogP contribution in [0.15, 0.2) is 12.3 Å². The average molecular weight is 228 g/mol. The highest BCUT2D eigenvalue weighted by molar-refractivity contribution is 5.82. The highest BCUT2D eigenvalue weighted by Gasteiger charge is 2.08. The number of methoxy groups -OCH3 is 1. The monoisotopic (exact) mass is 228 g/mol. The predicted octanol–water partition coefficient (Wildman–Crippen LogP) is 0.473. The fourth-order valence-corrected chi connectivity index (χ4v) is 1.04. The second-order valence-corrected chi connectivity index (χ2v) is 3.60. The molecule has 1 amide bonds. The van der Waals surface area contributed by atoms with Crippen LogP contribution in [-0.2, 0) is 14.3 Å². The molecule has 0 atom stereocenters. The molecule has 0 rings (SSSR count). The van der Waals surface area contributed by atoms with E-state index >= 15 is 0 Å². The van der Waals surface area contributed by atoms with Gasteiger partial charge in [0.2, 0.25) is 5.91 Å². The van der Waals surface area contributed by atoms with Crippen molar-refractivity contribution < 1.29 is 14.3 Å². The fraction of sp³-hybridized carbons (Fsp3) is 0.636. The summed E-state index contributed by atoms with van der Waals surface area (Å²) in [6, 6.07) is 0. The summed E-state index contributed by atoms with van der Waals surface area (Å²) in [6.07, 6.45) is 3.82. The Bertz CT molecular complexity index is 262. The van der Waals surface area contributed by atoms with Crippen LogP contribution in [0, 0.1) is 0 Å². The molecule has 0 aliphatic carbocycles. The zero-order valence-electron chi connectivity index (χ0n) is 10.4. The van der Waals surface area contributed by atoms with Gasteiger partial charge < -0.3 is 14.5 Å². The second-order valence-electron chi connectivity index (χ2n) is 3.60. The maximum Gasteiger partial charge on any atom is 0.331 e. The number of carbonyl (C=O) groups excluding carboxylic acids is 2. The van der Waals surface area contributed by atoms with Gasteiger partial charge in [0.15, 0.2) is 0 Å². The zero-order valence-corrected chi connectivity index (χ0v) is 10.4. The number of hydrogen-bond donors (Lipinski definition) is 0. The van der Waals surface area contributed by atoms with Gasteiger partial charge in [-0.05, 0) is 6.42 Å². The van der Waals surface area contributed by atoms with E-state index in [0.717, 1.165) is 13.0 Å². The van der Waals surface area contributed by atoms with Crippen molar-refractivity contribution >= 4 is 11.9 Å². The summed E-state index contributed by atoms with van der Waals surface area (Å²) in [7, 11) is 4.73. The summed E-state index contributed by atoms with van der Waals surface area (Å²) < 4.78 is 4.48. The summed E-state index contributed by atoms with van der Waals surface area (Å²) in [5, 5.41) is 0. The number of likely N-dealkylation sites (N-methyl/N-ethyl adjacent to an activating group) is 1. The van der Waals surface area contributed by atoms with Gasteiger partial charge in [-0.3, -0.25) is 4.79 Å². The van der Waals surface area contributed by atoms with E-state index in [2.05, 4.69) is 4.74 Å². The van der Waals surface area contributed by atoms with Crippen LogP contribution >= 0.6 is 0 Å². The van der Waals surface area contributed by atoms with E-state index in [1.807, 2.05) is 6.92 Å². The molecule has 92 valence electrons. The molecule has 0 aromatic carbocycles. The SMILES string of the molecule is CCCN(C=CC(=O)OC)CC(=O)N(C)C. The number of esters is 1. The summed E-state index contributed by atoms with van der Waals surface area (Å²) in [6.45, 7) is 3.01. The van der Waals surface area contributed by atoms with Crippen LogP contribution in [0.25, 0.3) is 0 Å². The van der Waals surface area contributed by atoms with Crippen LogP contribution in [0.1, 0.15) is 13.3 Å². The van der Waals surface area contributed by atoms with E-state index in [9.17, 15) is 9.59 Å². The van der Waals surface area contributed by atoms with Gasteiger partial charge in [0, 0.05) is 32.9 Å². The Hall–Kier alpha value is -1.52. The van der Waals surface area contributed by atoms with Gasteiger partial charge in [-0.15, -0.1) is 0 Å². The average Bonchev–Trinajstić information content (AvgIpc) is 2.25. The number of carbonyl (C=O) groups is 2. The first-order valence-electron chi connectivity index (χ1n) is 5.21. The van der Waals surface area contributed by atoms with Crippen molar-refractivity contribution in [3.05, 3.63) is 12.3 Å². The van der Waals surface area contributed by atoms with Crippen LogP contribution in [0.5, 0.6) is 0 Å². The lowest BCUT2D eigenvalue weighted by molar-refractivity contribution is -0.135. The zero-order chi connectivity index (χ0) is 12.6. The van der Waals surface area contributed by atoms with Gasteiger partial charge in [0.1, 0.15) is 0 Å². The maximum atomic E-state index is 11.5. The lowest BCUT2D eigenvalue weighted by atomic mass is 10.4. The van der Waals surface area contributed by atoms with E-state index < -0.39 is 5.97 Å². The Morgan fingerprint density at radius 2 is 1.94 bits per heavy atom. The van der Waals surface area contributed by atoms with Crippen LogP contribution in [0.4, 0.5) is 0 Å². The number of rotatable bonds is 6. The minimum atomic E-state index is -0.418. The molecular weight excluding hydrogens is 208 g/mol. The first kappa shape index (κ1) is 14.5. The molecule has 0 unspecified atom stereocenters. The minimum Gasteiger partial charge on any atom is -0.466 e. The standard InChI is InChI=1S/C11H20N2O3/c1-5-7-13(8-6-11(15)16-4)9-10(14)12(2)3/h6,8H,5,7,9H2,1-4H3. The normalized spacial score (nSPS) is 10.2. The third-order valence-electron chi connectivity index (χ3n) is 1.97. The maximum absolute atomic E-state index is 11.5. The van der Waals surface area contributed by atoms with Crippen LogP contribution in [0.3, 0.4) is 0 Å². The van der Waals surface area contributed by atoms with Gasteiger partial charge in [-0.2, -0.15) is 0 Å². The number of ether oxygens (including phenoxy) is 1. The molecule has 0 radical (unpaired) electrons. The highest BCUT2D eigenvalue weighted by atomic mass is 16.5. The quantitative estimate of drug-likeness (QED) is 0.490. The predicted molar refractivity (Wildman–Crippen MR) is 61.7 cm³/mol. The van der Waals surface area contributed by atoms with E-state index in [1.54, 1.807) is 25.2 Å². The van der Waals surface area contributed by atoms with Gasteiger partial charge >= 0.3 is 5.97 Å². The summed E-state index contributed by atoms with van der Waals surface area (Å²) in [5.74, 6) is -0.415. The summed E-state index contributed by atoms with van der Waals surface area (Å²) >= 11 is 0. The van der Waals surface area contributed by atoms with Crippen molar-refractivity contribution in [3.8, 4) is 0 Å². The number of nitrogens with zero attached hydrogens (tertiary/aromatic N) is 2. The van der Waals surface area contributed by atoms with Crippen molar-refractivity contribution in [1.29, 1.82) is 0 Å². The molecule has 0 heterocycles. The molecule has 0 bridgehead atoms. The molecule has 0 aliphatic rings. The van der Waals surface area contributed by atoms with Crippen LogP contribution in [0.2, 0.25) is 0 Å². The first-order chi connectivity index (χ1) is 7.51. The van der Waals surface area contributed by atoms with Crippen LogP contribution < -0.4 is 0 Å². The molecule has 0 aromatic heterocycles. The Morgan fingerprint density at radius 1 is 1.31 bits per heavy atom. The molecule has 0 N–H and O–H groups in total. The molecule has 0 spiro atoms. The molecular formula is C11H20N2O3. The van der Waals surface area contributed by atoms with Crippen molar-refractivity contribution in [3.63, 3.8) is 0 Å². The Morgan fingerprint density at radius 3 is 2.38 bits per heavy atom. The van der Waals surface area contributed by atoms with Gasteiger partial charge in [-0.25, -0.2) is 4.79 Å². The largest absolute Gasteiger partial charge is 0.466 e. The molecule has 0 saturated heterocycles. The molecule has 5 heteroatoms.